The molecule has 1 aromatic rings. The van der Waals surface area contributed by atoms with Crippen LogP contribution in [-0.2, 0) is 0 Å². The Hall–Kier alpha value is -1.16. The Morgan fingerprint density at radius 3 is 2.79 bits per heavy atom. The van der Waals surface area contributed by atoms with Crippen LogP contribution in [0.2, 0.25) is 0 Å². The van der Waals surface area contributed by atoms with E-state index in [1.54, 1.807) is 6.20 Å². The number of aryl methyl sites for hydroxylation is 1. The molecule has 0 aliphatic heterocycles. The van der Waals surface area contributed by atoms with Crippen molar-refractivity contribution in [3.8, 4) is 0 Å². The zero-order chi connectivity index (χ0) is 10.6. The van der Waals surface area contributed by atoms with Gasteiger partial charge in [0.15, 0.2) is 0 Å². The lowest BCUT2D eigenvalue weighted by Crippen LogP contribution is -2.30. The molecular formula is C10H18N4. The predicted octanol–water partition coefficient (Wildman–Crippen LogP) is 1.15. The van der Waals surface area contributed by atoms with Gasteiger partial charge in [-0.2, -0.15) is 0 Å². The molecule has 0 spiro atoms. The van der Waals surface area contributed by atoms with Crippen molar-refractivity contribution < 1.29 is 0 Å². The molecule has 1 unspecified atom stereocenters. The molecule has 1 aromatic heterocycles. The maximum atomic E-state index is 4.28. The zero-order valence-electron chi connectivity index (χ0n) is 9.28. The third-order valence-electron chi connectivity index (χ3n) is 1.81. The molecule has 1 heterocycles. The number of hydrogen-bond acceptors (Lipinski definition) is 4. The van der Waals surface area contributed by atoms with E-state index in [2.05, 4.69) is 41.2 Å². The van der Waals surface area contributed by atoms with Gasteiger partial charge >= 0.3 is 0 Å². The normalized spacial score (nSPS) is 12.9. The van der Waals surface area contributed by atoms with Crippen molar-refractivity contribution in [2.24, 2.45) is 0 Å². The molecule has 14 heavy (non-hydrogen) atoms. The van der Waals surface area contributed by atoms with E-state index >= 15 is 0 Å². The van der Waals surface area contributed by atoms with E-state index in [1.165, 1.54) is 0 Å². The first-order chi connectivity index (χ1) is 6.58. The molecule has 1 rings (SSSR count). The Bertz CT molecular complexity index is 285. The minimum atomic E-state index is 0.388. The summed E-state index contributed by atoms with van der Waals surface area (Å²) in [6.07, 6.45) is 1.77. The average Bonchev–Trinajstić information content (AvgIpc) is 2.01. The molecule has 78 valence electrons. The van der Waals surface area contributed by atoms with Crippen molar-refractivity contribution >= 4 is 5.82 Å². The molecule has 1 atom stereocenters. The van der Waals surface area contributed by atoms with Gasteiger partial charge in [-0.25, -0.2) is 9.97 Å². The average molecular weight is 194 g/mol. The molecule has 0 saturated heterocycles. The highest BCUT2D eigenvalue weighted by atomic mass is 15.1. The van der Waals surface area contributed by atoms with Gasteiger partial charge in [0.2, 0.25) is 0 Å². The van der Waals surface area contributed by atoms with Gasteiger partial charge in [0, 0.05) is 18.8 Å². The van der Waals surface area contributed by atoms with E-state index in [9.17, 15) is 0 Å². The van der Waals surface area contributed by atoms with Crippen molar-refractivity contribution in [3.63, 3.8) is 0 Å². The van der Waals surface area contributed by atoms with Gasteiger partial charge in [0.25, 0.3) is 0 Å². The number of nitrogens with one attached hydrogen (secondary N) is 1. The van der Waals surface area contributed by atoms with Crippen LogP contribution in [0.5, 0.6) is 0 Å². The second kappa shape index (κ2) is 4.91. The van der Waals surface area contributed by atoms with Crippen LogP contribution in [-0.4, -0.2) is 41.5 Å². The van der Waals surface area contributed by atoms with Crippen molar-refractivity contribution in [2.75, 3.05) is 26.0 Å². The molecule has 0 aliphatic rings. The molecule has 4 heteroatoms. The fourth-order valence-electron chi connectivity index (χ4n) is 1.38. The van der Waals surface area contributed by atoms with E-state index in [0.717, 1.165) is 18.2 Å². The van der Waals surface area contributed by atoms with Crippen LogP contribution in [0.3, 0.4) is 0 Å². The highest BCUT2D eigenvalue weighted by Crippen LogP contribution is 2.03. The predicted molar refractivity (Wildman–Crippen MR) is 58.4 cm³/mol. The standard InChI is InChI=1S/C10H18N4/c1-8(7-14(3)4)12-10-5-6-11-9(2)13-10/h5-6,8H,7H2,1-4H3,(H,11,12,13). The van der Waals surface area contributed by atoms with Gasteiger partial charge in [-0.3, -0.25) is 0 Å². The van der Waals surface area contributed by atoms with Gasteiger partial charge in [-0.15, -0.1) is 0 Å². The van der Waals surface area contributed by atoms with E-state index < -0.39 is 0 Å². The summed E-state index contributed by atoms with van der Waals surface area (Å²) in [4.78, 5) is 10.5. The number of aromatic nitrogens is 2. The summed E-state index contributed by atoms with van der Waals surface area (Å²) >= 11 is 0. The van der Waals surface area contributed by atoms with Gasteiger partial charge in [0.05, 0.1) is 0 Å². The van der Waals surface area contributed by atoms with Crippen molar-refractivity contribution in [1.29, 1.82) is 0 Å². The van der Waals surface area contributed by atoms with Crippen molar-refractivity contribution in [3.05, 3.63) is 18.1 Å². The Balaban J connectivity index is 2.51. The number of anilines is 1. The lowest BCUT2D eigenvalue weighted by molar-refractivity contribution is 0.392. The van der Waals surface area contributed by atoms with Gasteiger partial charge in [0.1, 0.15) is 11.6 Å². The highest BCUT2D eigenvalue weighted by molar-refractivity contribution is 5.33. The maximum absolute atomic E-state index is 4.28. The third-order valence-corrected chi connectivity index (χ3v) is 1.81. The first-order valence-electron chi connectivity index (χ1n) is 4.79. The topological polar surface area (TPSA) is 41.1 Å². The number of hydrogen-bond donors (Lipinski definition) is 1. The second-order valence-electron chi connectivity index (χ2n) is 3.80. The zero-order valence-corrected chi connectivity index (χ0v) is 9.28. The van der Waals surface area contributed by atoms with Gasteiger partial charge in [-0.1, -0.05) is 0 Å². The fraction of sp³-hybridized carbons (Fsp3) is 0.600. The Labute approximate surface area is 85.4 Å². The number of nitrogens with zero attached hydrogens (tertiary/aromatic N) is 3. The Morgan fingerprint density at radius 2 is 2.21 bits per heavy atom. The monoisotopic (exact) mass is 194 g/mol. The summed E-state index contributed by atoms with van der Waals surface area (Å²) in [5.41, 5.74) is 0. The summed E-state index contributed by atoms with van der Waals surface area (Å²) < 4.78 is 0. The molecular weight excluding hydrogens is 176 g/mol. The van der Waals surface area contributed by atoms with Crippen molar-refractivity contribution in [2.45, 2.75) is 19.9 Å². The van der Waals surface area contributed by atoms with E-state index in [0.29, 0.717) is 6.04 Å². The van der Waals surface area contributed by atoms with E-state index in [-0.39, 0.29) is 0 Å². The quantitative estimate of drug-likeness (QED) is 0.780. The van der Waals surface area contributed by atoms with Gasteiger partial charge in [-0.05, 0) is 34.0 Å². The number of rotatable bonds is 4. The highest BCUT2D eigenvalue weighted by Gasteiger charge is 2.03. The smallest absolute Gasteiger partial charge is 0.129 e. The lowest BCUT2D eigenvalue weighted by atomic mass is 10.3. The summed E-state index contributed by atoms with van der Waals surface area (Å²) in [5.74, 6) is 1.69. The Morgan fingerprint density at radius 1 is 1.50 bits per heavy atom. The molecule has 0 saturated carbocycles. The minimum Gasteiger partial charge on any atom is -0.366 e. The minimum absolute atomic E-state index is 0.388. The van der Waals surface area contributed by atoms with Crippen molar-refractivity contribution in [1.82, 2.24) is 14.9 Å². The SMILES string of the molecule is Cc1nccc(NC(C)CN(C)C)n1. The Kier molecular flexibility index (Phi) is 3.83. The summed E-state index contributed by atoms with van der Waals surface area (Å²) in [6.45, 7) is 5.02. The second-order valence-corrected chi connectivity index (χ2v) is 3.80. The van der Waals surface area contributed by atoms with Gasteiger partial charge < -0.3 is 10.2 Å². The van der Waals surface area contributed by atoms with Crippen LogP contribution >= 0.6 is 0 Å². The third kappa shape index (κ3) is 3.70. The lowest BCUT2D eigenvalue weighted by Gasteiger charge is -2.18. The molecule has 0 bridgehead atoms. The number of likely N-dealkylation sites (N-methyl/N-ethyl adjacent to an activating group) is 1. The van der Waals surface area contributed by atoms with E-state index in [1.807, 2.05) is 13.0 Å². The molecule has 0 aromatic carbocycles. The molecule has 0 amide bonds. The van der Waals surface area contributed by atoms with Crippen LogP contribution in [0.4, 0.5) is 5.82 Å². The molecule has 4 nitrogen and oxygen atoms in total. The fourth-order valence-corrected chi connectivity index (χ4v) is 1.38. The molecule has 0 radical (unpaired) electrons. The molecule has 0 fully saturated rings. The van der Waals surface area contributed by atoms with Crippen LogP contribution in [0.1, 0.15) is 12.7 Å². The molecule has 1 N–H and O–H groups in total. The van der Waals surface area contributed by atoms with E-state index in [4.69, 9.17) is 0 Å². The first-order valence-corrected chi connectivity index (χ1v) is 4.79. The molecule has 0 aliphatic carbocycles. The summed E-state index contributed by atoms with van der Waals surface area (Å²) in [5, 5.41) is 3.32. The largest absolute Gasteiger partial charge is 0.366 e. The summed E-state index contributed by atoms with van der Waals surface area (Å²) in [7, 11) is 4.12. The maximum Gasteiger partial charge on any atom is 0.129 e. The van der Waals surface area contributed by atoms with Crippen LogP contribution in [0.25, 0.3) is 0 Å². The summed E-state index contributed by atoms with van der Waals surface area (Å²) in [6, 6.07) is 2.28. The van der Waals surface area contributed by atoms with Crippen LogP contribution in [0, 0.1) is 6.92 Å². The first kappa shape index (κ1) is 10.9. The van der Waals surface area contributed by atoms with Crippen LogP contribution < -0.4 is 5.32 Å². The van der Waals surface area contributed by atoms with Crippen LogP contribution in [0.15, 0.2) is 12.3 Å².